The number of nitrogens with one attached hydrogen (secondary N) is 1. The van der Waals surface area contributed by atoms with Crippen LogP contribution in [-0.2, 0) is 11.3 Å². The van der Waals surface area contributed by atoms with Gasteiger partial charge < -0.3 is 14.6 Å². The number of hydrogen-bond acceptors (Lipinski definition) is 6. The molecule has 0 bridgehead atoms. The zero-order valence-electron chi connectivity index (χ0n) is 11.3. The Balaban J connectivity index is 2.46. The first kappa shape index (κ1) is 14.6. The van der Waals surface area contributed by atoms with E-state index in [0.29, 0.717) is 19.0 Å². The lowest BCUT2D eigenvalue weighted by atomic mass is 10.3. The van der Waals surface area contributed by atoms with E-state index in [1.54, 1.807) is 0 Å². The molecule has 1 aromatic rings. The van der Waals surface area contributed by atoms with Crippen LogP contribution in [-0.4, -0.2) is 54.3 Å². The van der Waals surface area contributed by atoms with E-state index in [9.17, 15) is 4.79 Å². The monoisotopic (exact) mass is 256 g/mol. The summed E-state index contributed by atoms with van der Waals surface area (Å²) < 4.78 is 10.4. The first-order valence-electron chi connectivity index (χ1n) is 5.91. The zero-order chi connectivity index (χ0) is 13.5. The molecule has 1 heterocycles. The summed E-state index contributed by atoms with van der Waals surface area (Å²) in [4.78, 5) is 17.2. The average molecular weight is 256 g/mol. The molecule has 7 nitrogen and oxygen atoms in total. The van der Waals surface area contributed by atoms with Crippen LogP contribution in [0.4, 0.5) is 0 Å². The van der Waals surface area contributed by atoms with Crippen LogP contribution in [0.15, 0.2) is 4.52 Å². The Morgan fingerprint density at radius 3 is 2.94 bits per heavy atom. The van der Waals surface area contributed by atoms with E-state index in [1.165, 1.54) is 7.05 Å². The zero-order valence-corrected chi connectivity index (χ0v) is 11.3. The SMILES string of the molecule is CCOC(C)CN(C)Cc1nc(C(=O)NC)no1. The van der Waals surface area contributed by atoms with E-state index in [1.807, 2.05) is 25.8 Å². The molecule has 0 aliphatic carbocycles. The molecule has 102 valence electrons. The Morgan fingerprint density at radius 1 is 1.61 bits per heavy atom. The molecule has 0 radical (unpaired) electrons. The van der Waals surface area contributed by atoms with Crippen molar-refractivity contribution in [2.24, 2.45) is 0 Å². The van der Waals surface area contributed by atoms with Gasteiger partial charge in [-0.1, -0.05) is 5.16 Å². The molecular formula is C11H20N4O3. The lowest BCUT2D eigenvalue weighted by molar-refractivity contribution is 0.0482. The first-order chi connectivity index (χ1) is 8.56. The van der Waals surface area contributed by atoms with Crippen molar-refractivity contribution in [1.82, 2.24) is 20.4 Å². The number of carbonyl (C=O) groups is 1. The number of hydrogen-bond donors (Lipinski definition) is 1. The highest BCUT2D eigenvalue weighted by Crippen LogP contribution is 2.03. The van der Waals surface area contributed by atoms with Gasteiger partial charge >= 0.3 is 0 Å². The molecular weight excluding hydrogens is 236 g/mol. The van der Waals surface area contributed by atoms with Gasteiger partial charge in [-0.3, -0.25) is 9.69 Å². The number of aromatic nitrogens is 2. The molecule has 0 fully saturated rings. The molecule has 0 spiro atoms. The highest BCUT2D eigenvalue weighted by molar-refractivity contribution is 5.89. The molecule has 1 rings (SSSR count). The van der Waals surface area contributed by atoms with Crippen molar-refractivity contribution < 1.29 is 14.1 Å². The summed E-state index contributed by atoms with van der Waals surface area (Å²) in [6.07, 6.45) is 0.140. The van der Waals surface area contributed by atoms with E-state index in [-0.39, 0.29) is 17.8 Å². The maximum atomic E-state index is 11.2. The van der Waals surface area contributed by atoms with Crippen LogP contribution >= 0.6 is 0 Å². The Hall–Kier alpha value is -1.47. The number of amides is 1. The van der Waals surface area contributed by atoms with Crippen LogP contribution in [0.1, 0.15) is 30.4 Å². The standard InChI is InChI=1S/C11H20N4O3/c1-5-17-8(2)6-15(4)7-9-13-10(14-18-9)11(16)12-3/h8H,5-7H2,1-4H3,(H,12,16). The van der Waals surface area contributed by atoms with Crippen molar-refractivity contribution in [3.05, 3.63) is 11.7 Å². The van der Waals surface area contributed by atoms with Crippen molar-refractivity contribution in [2.75, 3.05) is 27.2 Å². The van der Waals surface area contributed by atoms with Gasteiger partial charge in [-0.2, -0.15) is 4.98 Å². The van der Waals surface area contributed by atoms with Gasteiger partial charge in [0.15, 0.2) is 0 Å². The minimum Gasteiger partial charge on any atom is -0.377 e. The Kier molecular flexibility index (Phi) is 5.73. The minimum atomic E-state index is -0.352. The van der Waals surface area contributed by atoms with Gasteiger partial charge in [-0.25, -0.2) is 0 Å². The molecule has 7 heteroatoms. The van der Waals surface area contributed by atoms with Gasteiger partial charge in [0.1, 0.15) is 0 Å². The summed E-state index contributed by atoms with van der Waals surface area (Å²) in [7, 11) is 3.45. The van der Waals surface area contributed by atoms with Crippen molar-refractivity contribution >= 4 is 5.91 Å². The summed E-state index contributed by atoms with van der Waals surface area (Å²) in [5.74, 6) is 0.119. The Morgan fingerprint density at radius 2 is 2.33 bits per heavy atom. The van der Waals surface area contributed by atoms with Crippen LogP contribution in [0.3, 0.4) is 0 Å². The van der Waals surface area contributed by atoms with E-state index in [2.05, 4.69) is 15.5 Å². The van der Waals surface area contributed by atoms with E-state index in [0.717, 1.165) is 6.54 Å². The smallest absolute Gasteiger partial charge is 0.292 e. The third-order valence-corrected chi connectivity index (χ3v) is 2.32. The predicted molar refractivity (Wildman–Crippen MR) is 65.1 cm³/mol. The summed E-state index contributed by atoms with van der Waals surface area (Å²) in [6, 6.07) is 0. The van der Waals surface area contributed by atoms with Gasteiger partial charge in [0.2, 0.25) is 5.89 Å². The number of rotatable bonds is 7. The lowest BCUT2D eigenvalue weighted by Crippen LogP contribution is -2.29. The van der Waals surface area contributed by atoms with Crippen molar-refractivity contribution in [3.8, 4) is 0 Å². The molecule has 1 N–H and O–H groups in total. The second-order valence-corrected chi connectivity index (χ2v) is 4.05. The molecule has 18 heavy (non-hydrogen) atoms. The normalized spacial score (nSPS) is 12.7. The van der Waals surface area contributed by atoms with E-state index >= 15 is 0 Å². The highest BCUT2D eigenvalue weighted by atomic mass is 16.5. The molecule has 0 aliphatic rings. The van der Waals surface area contributed by atoms with Gasteiger partial charge in [0.25, 0.3) is 11.7 Å². The molecule has 1 amide bonds. The first-order valence-corrected chi connectivity index (χ1v) is 5.91. The Labute approximate surface area is 106 Å². The Bertz CT molecular complexity index is 380. The highest BCUT2D eigenvalue weighted by Gasteiger charge is 2.15. The van der Waals surface area contributed by atoms with E-state index in [4.69, 9.17) is 9.26 Å². The second kappa shape index (κ2) is 7.07. The maximum absolute atomic E-state index is 11.2. The quantitative estimate of drug-likeness (QED) is 0.755. The summed E-state index contributed by atoms with van der Waals surface area (Å²) in [5, 5.41) is 6.04. The van der Waals surface area contributed by atoms with Gasteiger partial charge in [0, 0.05) is 20.2 Å². The number of carbonyl (C=O) groups excluding carboxylic acids is 1. The third-order valence-electron chi connectivity index (χ3n) is 2.32. The molecule has 1 aromatic heterocycles. The van der Waals surface area contributed by atoms with Gasteiger partial charge in [-0.05, 0) is 20.9 Å². The lowest BCUT2D eigenvalue weighted by Gasteiger charge is -2.19. The average Bonchev–Trinajstić information content (AvgIpc) is 2.76. The van der Waals surface area contributed by atoms with Crippen molar-refractivity contribution in [3.63, 3.8) is 0 Å². The van der Waals surface area contributed by atoms with Crippen LogP contribution < -0.4 is 5.32 Å². The number of likely N-dealkylation sites (N-methyl/N-ethyl adjacent to an activating group) is 1. The molecule has 1 unspecified atom stereocenters. The van der Waals surface area contributed by atoms with Crippen molar-refractivity contribution in [2.45, 2.75) is 26.5 Å². The van der Waals surface area contributed by atoms with Crippen molar-refractivity contribution in [1.29, 1.82) is 0 Å². The van der Waals surface area contributed by atoms with Gasteiger partial charge in [-0.15, -0.1) is 0 Å². The van der Waals surface area contributed by atoms with Crippen LogP contribution in [0, 0.1) is 0 Å². The topological polar surface area (TPSA) is 80.5 Å². The maximum Gasteiger partial charge on any atom is 0.292 e. The molecule has 0 aliphatic heterocycles. The second-order valence-electron chi connectivity index (χ2n) is 4.05. The minimum absolute atomic E-state index is 0.0544. The molecule has 0 saturated heterocycles. The van der Waals surface area contributed by atoms with Gasteiger partial charge in [0.05, 0.1) is 12.6 Å². The van der Waals surface area contributed by atoms with E-state index < -0.39 is 0 Å². The van der Waals surface area contributed by atoms with Crippen LogP contribution in [0.2, 0.25) is 0 Å². The fourth-order valence-corrected chi connectivity index (χ4v) is 1.59. The van der Waals surface area contributed by atoms with Crippen LogP contribution in [0.25, 0.3) is 0 Å². The largest absolute Gasteiger partial charge is 0.377 e. The van der Waals surface area contributed by atoms with Crippen LogP contribution in [0.5, 0.6) is 0 Å². The molecule has 1 atom stereocenters. The molecule has 0 aromatic carbocycles. The number of ether oxygens (including phenoxy) is 1. The number of nitrogens with zero attached hydrogens (tertiary/aromatic N) is 3. The third kappa shape index (κ3) is 4.42. The summed E-state index contributed by atoms with van der Waals surface area (Å²) >= 11 is 0. The summed E-state index contributed by atoms with van der Waals surface area (Å²) in [5.41, 5.74) is 0. The fraction of sp³-hybridized carbons (Fsp3) is 0.727. The summed E-state index contributed by atoms with van der Waals surface area (Å²) in [6.45, 7) is 5.90. The predicted octanol–water partition coefficient (Wildman–Crippen LogP) is 0.286. The fourth-order valence-electron chi connectivity index (χ4n) is 1.59. The molecule has 0 saturated carbocycles.